The average Bonchev–Trinajstić information content (AvgIpc) is 3.47. The number of hydrogen-bond donors (Lipinski definition) is 1. The third-order valence-corrected chi connectivity index (χ3v) is 7.32. The van der Waals surface area contributed by atoms with Gasteiger partial charge in [-0.15, -0.1) is 5.10 Å². The van der Waals surface area contributed by atoms with Crippen molar-refractivity contribution in [3.8, 4) is 17.2 Å². The van der Waals surface area contributed by atoms with Crippen molar-refractivity contribution in [3.63, 3.8) is 0 Å². The summed E-state index contributed by atoms with van der Waals surface area (Å²) in [5.41, 5.74) is 4.08. The summed E-state index contributed by atoms with van der Waals surface area (Å²) in [4.78, 5) is 36.4. The first-order valence-corrected chi connectivity index (χ1v) is 14.2. The van der Waals surface area contributed by atoms with E-state index in [0.717, 1.165) is 11.3 Å². The van der Waals surface area contributed by atoms with Crippen LogP contribution in [0.25, 0.3) is 11.0 Å². The Morgan fingerprint density at radius 3 is 2.24 bits per heavy atom. The molecule has 0 aliphatic rings. The van der Waals surface area contributed by atoms with Crippen LogP contribution in [0.4, 0.5) is 11.4 Å². The van der Waals surface area contributed by atoms with Crippen molar-refractivity contribution in [2.24, 2.45) is 0 Å². The van der Waals surface area contributed by atoms with Gasteiger partial charge in [-0.2, -0.15) is 0 Å². The molecule has 0 spiro atoms. The summed E-state index contributed by atoms with van der Waals surface area (Å²) >= 11 is 0. The zero-order valence-corrected chi connectivity index (χ0v) is 25.8. The molecule has 0 aliphatic heterocycles. The second kappa shape index (κ2) is 13.8. The topological polar surface area (TPSA) is 124 Å². The summed E-state index contributed by atoms with van der Waals surface area (Å²) in [7, 11) is 8.37. The molecule has 3 aromatic carbocycles. The number of carbonyl (C=O) groups excluding carboxylic acids is 2. The minimum Gasteiger partial charge on any atom is -0.493 e. The number of anilines is 2. The van der Waals surface area contributed by atoms with Gasteiger partial charge in [-0.05, 0) is 65.7 Å². The standard InChI is InChI=1S/C33H35N7O5/c1-38(2)25-14-12-24(13-15-25)35-33(42)31(23-17-28(43-3)32(45-5)29(18-23)44-4)39(20-22-9-8-16-34-19-22)30(41)21-40-27-11-7-6-10-26(27)36-37-40/h6-19,31H,20-21H2,1-5H3,(H,35,42)/t31-/m0/s1. The van der Waals surface area contributed by atoms with E-state index in [9.17, 15) is 9.59 Å². The minimum absolute atomic E-state index is 0.0770. The van der Waals surface area contributed by atoms with Gasteiger partial charge in [-0.3, -0.25) is 14.6 Å². The highest BCUT2D eigenvalue weighted by molar-refractivity contribution is 5.98. The molecule has 1 atom stereocenters. The van der Waals surface area contributed by atoms with Crippen molar-refractivity contribution in [2.45, 2.75) is 19.1 Å². The number of ether oxygens (including phenoxy) is 3. The van der Waals surface area contributed by atoms with Gasteiger partial charge in [0.25, 0.3) is 5.91 Å². The minimum atomic E-state index is -1.13. The molecule has 0 fully saturated rings. The summed E-state index contributed by atoms with van der Waals surface area (Å²) in [6.07, 6.45) is 3.31. The largest absolute Gasteiger partial charge is 0.493 e. The van der Waals surface area contributed by atoms with Crippen LogP contribution in [0.3, 0.4) is 0 Å². The molecule has 0 bridgehead atoms. The third-order valence-electron chi connectivity index (χ3n) is 7.32. The van der Waals surface area contributed by atoms with Gasteiger partial charge < -0.3 is 29.3 Å². The molecule has 1 N–H and O–H groups in total. The maximum Gasteiger partial charge on any atom is 0.251 e. The highest BCUT2D eigenvalue weighted by Crippen LogP contribution is 2.41. The smallest absolute Gasteiger partial charge is 0.251 e. The molecule has 45 heavy (non-hydrogen) atoms. The number of pyridine rings is 1. The van der Waals surface area contributed by atoms with E-state index < -0.39 is 11.9 Å². The van der Waals surface area contributed by atoms with Gasteiger partial charge in [-0.25, -0.2) is 4.68 Å². The molecule has 12 nitrogen and oxygen atoms in total. The molecule has 2 amide bonds. The number of fused-ring (bicyclic) bond motifs is 1. The fourth-order valence-corrected chi connectivity index (χ4v) is 5.05. The molecular formula is C33H35N7O5. The van der Waals surface area contributed by atoms with E-state index in [1.54, 1.807) is 30.6 Å². The average molecular weight is 610 g/mol. The van der Waals surface area contributed by atoms with Crippen LogP contribution in [-0.2, 0) is 22.7 Å². The van der Waals surface area contributed by atoms with Crippen molar-refractivity contribution in [1.82, 2.24) is 24.9 Å². The van der Waals surface area contributed by atoms with Crippen LogP contribution in [-0.4, -0.2) is 72.1 Å². The van der Waals surface area contributed by atoms with Crippen LogP contribution < -0.4 is 24.4 Å². The lowest BCUT2D eigenvalue weighted by atomic mass is 10.0. The maximum atomic E-state index is 14.4. The lowest BCUT2D eigenvalue weighted by molar-refractivity contribution is -0.140. The molecule has 5 rings (SSSR count). The number of amides is 2. The summed E-state index contributed by atoms with van der Waals surface area (Å²) in [6.45, 7) is -0.0832. The predicted molar refractivity (Wildman–Crippen MR) is 171 cm³/mol. The summed E-state index contributed by atoms with van der Waals surface area (Å²) < 4.78 is 18.3. The number of carbonyl (C=O) groups is 2. The van der Waals surface area contributed by atoms with Crippen LogP contribution in [0.15, 0.2) is 85.2 Å². The molecule has 5 aromatic rings. The van der Waals surface area contributed by atoms with E-state index in [2.05, 4.69) is 20.6 Å². The molecule has 0 unspecified atom stereocenters. The Hall–Kier alpha value is -5.65. The number of aromatic nitrogens is 4. The predicted octanol–water partition coefficient (Wildman–Crippen LogP) is 4.33. The highest BCUT2D eigenvalue weighted by atomic mass is 16.5. The Morgan fingerprint density at radius 2 is 1.62 bits per heavy atom. The first-order chi connectivity index (χ1) is 21.8. The normalized spacial score (nSPS) is 11.5. The van der Waals surface area contributed by atoms with Crippen LogP contribution >= 0.6 is 0 Å². The van der Waals surface area contributed by atoms with Crippen LogP contribution in [0.5, 0.6) is 17.2 Å². The molecule has 0 radical (unpaired) electrons. The number of para-hydroxylation sites is 1. The van der Waals surface area contributed by atoms with E-state index in [1.807, 2.05) is 73.6 Å². The van der Waals surface area contributed by atoms with Crippen molar-refractivity contribution in [2.75, 3.05) is 45.6 Å². The van der Waals surface area contributed by atoms with Crippen molar-refractivity contribution >= 4 is 34.2 Å². The van der Waals surface area contributed by atoms with Crippen LogP contribution in [0.2, 0.25) is 0 Å². The summed E-state index contributed by atoms with van der Waals surface area (Å²) in [5.74, 6) is 0.238. The van der Waals surface area contributed by atoms with E-state index >= 15 is 0 Å². The Balaban J connectivity index is 1.62. The fourth-order valence-electron chi connectivity index (χ4n) is 5.05. The number of rotatable bonds is 12. The molecule has 2 heterocycles. The second-order valence-electron chi connectivity index (χ2n) is 10.4. The van der Waals surface area contributed by atoms with Crippen molar-refractivity contribution in [1.29, 1.82) is 0 Å². The van der Waals surface area contributed by atoms with Crippen LogP contribution in [0.1, 0.15) is 17.2 Å². The second-order valence-corrected chi connectivity index (χ2v) is 10.4. The molecule has 0 saturated heterocycles. The van der Waals surface area contributed by atoms with Gasteiger partial charge in [0.1, 0.15) is 18.1 Å². The van der Waals surface area contributed by atoms with E-state index in [4.69, 9.17) is 14.2 Å². The van der Waals surface area contributed by atoms with Gasteiger partial charge in [0.2, 0.25) is 11.7 Å². The molecule has 0 saturated carbocycles. The Bertz CT molecular complexity index is 1750. The van der Waals surface area contributed by atoms with E-state index in [0.29, 0.717) is 39.5 Å². The Kier molecular flexibility index (Phi) is 9.42. The number of benzene rings is 3. The first kappa shape index (κ1) is 30.8. The highest BCUT2D eigenvalue weighted by Gasteiger charge is 2.34. The lowest BCUT2D eigenvalue weighted by Gasteiger charge is -2.32. The van der Waals surface area contributed by atoms with Gasteiger partial charge in [0.15, 0.2) is 11.5 Å². The van der Waals surface area contributed by atoms with Gasteiger partial charge in [0.05, 0.1) is 26.8 Å². The number of nitrogens with one attached hydrogen (secondary N) is 1. The summed E-state index contributed by atoms with van der Waals surface area (Å²) in [6, 6.07) is 20.7. The van der Waals surface area contributed by atoms with Gasteiger partial charge >= 0.3 is 0 Å². The monoisotopic (exact) mass is 609 g/mol. The number of methoxy groups -OCH3 is 3. The zero-order valence-electron chi connectivity index (χ0n) is 25.8. The SMILES string of the molecule is COc1cc([C@@H](C(=O)Nc2ccc(N(C)C)cc2)N(Cc2cccnc2)C(=O)Cn2nnc3ccccc32)cc(OC)c1OC. The number of nitrogens with zero attached hydrogens (tertiary/aromatic N) is 6. The quantitative estimate of drug-likeness (QED) is 0.220. The lowest BCUT2D eigenvalue weighted by Crippen LogP contribution is -2.42. The summed E-state index contributed by atoms with van der Waals surface area (Å²) in [5, 5.41) is 11.4. The number of hydrogen-bond acceptors (Lipinski definition) is 9. The maximum absolute atomic E-state index is 14.4. The fraction of sp³-hybridized carbons (Fsp3) is 0.242. The molecule has 232 valence electrons. The Labute approximate surface area is 261 Å². The first-order valence-electron chi connectivity index (χ1n) is 14.2. The van der Waals surface area contributed by atoms with Gasteiger partial charge in [-0.1, -0.05) is 23.4 Å². The van der Waals surface area contributed by atoms with E-state index in [-0.39, 0.29) is 19.0 Å². The van der Waals surface area contributed by atoms with Crippen LogP contribution in [0, 0.1) is 0 Å². The van der Waals surface area contributed by atoms with Crippen molar-refractivity contribution in [3.05, 3.63) is 96.3 Å². The molecule has 2 aromatic heterocycles. The molecule has 12 heteroatoms. The third kappa shape index (κ3) is 6.80. The van der Waals surface area contributed by atoms with E-state index in [1.165, 1.54) is 30.9 Å². The zero-order chi connectivity index (χ0) is 31.9. The molecular weight excluding hydrogens is 574 g/mol. The van der Waals surface area contributed by atoms with Gasteiger partial charge in [0, 0.05) is 44.4 Å². The molecule has 0 aliphatic carbocycles. The Morgan fingerprint density at radius 1 is 0.911 bits per heavy atom. The van der Waals surface area contributed by atoms with Crippen molar-refractivity contribution < 1.29 is 23.8 Å².